The number of nitrogens with zero attached hydrogens (tertiary/aromatic N) is 3. The van der Waals surface area contributed by atoms with Crippen LogP contribution in [-0.2, 0) is 13.0 Å². The van der Waals surface area contributed by atoms with Crippen molar-refractivity contribution in [1.29, 1.82) is 0 Å². The minimum atomic E-state index is 0.774. The maximum atomic E-state index is 6.07. The molecule has 1 saturated heterocycles. The van der Waals surface area contributed by atoms with E-state index in [9.17, 15) is 0 Å². The third kappa shape index (κ3) is 3.34. The molecule has 136 valence electrons. The summed E-state index contributed by atoms with van der Waals surface area (Å²) in [6, 6.07) is 12.8. The monoisotopic (exact) mass is 348 g/mol. The summed E-state index contributed by atoms with van der Waals surface area (Å²) in [6.45, 7) is 7.77. The van der Waals surface area contributed by atoms with E-state index in [1.165, 1.54) is 29.7 Å². The van der Waals surface area contributed by atoms with Crippen molar-refractivity contribution in [2.24, 2.45) is 5.92 Å². The topological polar surface area (TPSA) is 46.6 Å². The predicted octanol–water partition coefficient (Wildman–Crippen LogP) is 4.38. The summed E-state index contributed by atoms with van der Waals surface area (Å²) in [5, 5.41) is 0. The fraction of sp³-hybridized carbons (Fsp3) is 0.409. The molecule has 2 N–H and O–H groups in total. The Bertz CT molecular complexity index is 886. The largest absolute Gasteiger partial charge is 0.398 e. The number of pyridine rings is 1. The number of anilines is 1. The minimum Gasteiger partial charge on any atom is -0.398 e. The fourth-order valence-electron chi connectivity index (χ4n) is 3.82. The number of aromatic nitrogens is 2. The first-order chi connectivity index (χ1) is 12.6. The number of hydrogen-bond donors (Lipinski definition) is 1. The molecule has 0 radical (unpaired) electrons. The zero-order chi connectivity index (χ0) is 18.1. The van der Waals surface area contributed by atoms with E-state index in [2.05, 4.69) is 47.4 Å². The second-order valence-electron chi connectivity index (χ2n) is 7.61. The van der Waals surface area contributed by atoms with Gasteiger partial charge in [-0.2, -0.15) is 0 Å². The Morgan fingerprint density at radius 3 is 2.50 bits per heavy atom. The number of aryl methyl sites for hydroxylation is 1. The normalized spacial score (nSPS) is 16.4. The summed E-state index contributed by atoms with van der Waals surface area (Å²) < 4.78 is 2.18. The number of piperidine rings is 1. The van der Waals surface area contributed by atoms with E-state index in [4.69, 9.17) is 10.7 Å². The average Bonchev–Trinajstić information content (AvgIpc) is 3.01. The molecular weight excluding hydrogens is 320 g/mol. The molecule has 0 unspecified atom stereocenters. The molecule has 2 aromatic heterocycles. The van der Waals surface area contributed by atoms with Crippen LogP contribution in [0.2, 0.25) is 0 Å². The minimum absolute atomic E-state index is 0.774. The second-order valence-corrected chi connectivity index (χ2v) is 7.61. The fourth-order valence-corrected chi connectivity index (χ4v) is 3.82. The first kappa shape index (κ1) is 17.1. The molecule has 0 bridgehead atoms. The summed E-state index contributed by atoms with van der Waals surface area (Å²) in [7, 11) is 0. The van der Waals surface area contributed by atoms with Gasteiger partial charge in [0.1, 0.15) is 5.65 Å². The highest BCUT2D eigenvalue weighted by Crippen LogP contribution is 2.28. The number of nitrogen functional groups attached to an aromatic ring is 1. The third-order valence-electron chi connectivity index (χ3n) is 5.63. The molecule has 3 aromatic rings. The molecule has 0 spiro atoms. The maximum Gasteiger partial charge on any atom is 0.137 e. The molecule has 0 amide bonds. The lowest BCUT2D eigenvalue weighted by atomic mass is 9.99. The van der Waals surface area contributed by atoms with Crippen LogP contribution >= 0.6 is 0 Å². The van der Waals surface area contributed by atoms with E-state index in [0.29, 0.717) is 0 Å². The van der Waals surface area contributed by atoms with Crippen molar-refractivity contribution in [3.63, 3.8) is 0 Å². The van der Waals surface area contributed by atoms with E-state index in [-0.39, 0.29) is 0 Å². The van der Waals surface area contributed by atoms with Gasteiger partial charge < -0.3 is 10.1 Å². The number of hydrogen-bond acceptors (Lipinski definition) is 3. The van der Waals surface area contributed by atoms with E-state index in [1.807, 2.05) is 18.3 Å². The molecule has 1 aliphatic rings. The van der Waals surface area contributed by atoms with Crippen LogP contribution in [0.1, 0.15) is 37.9 Å². The lowest BCUT2D eigenvalue weighted by Gasteiger charge is -2.30. The van der Waals surface area contributed by atoms with Gasteiger partial charge in [-0.25, -0.2) is 4.98 Å². The molecule has 4 rings (SSSR count). The number of fused-ring (bicyclic) bond motifs is 1. The zero-order valence-electron chi connectivity index (χ0n) is 15.8. The van der Waals surface area contributed by atoms with Crippen molar-refractivity contribution in [3.05, 3.63) is 53.9 Å². The van der Waals surface area contributed by atoms with Crippen LogP contribution in [0.5, 0.6) is 0 Å². The Morgan fingerprint density at radius 1 is 1.08 bits per heavy atom. The highest BCUT2D eigenvalue weighted by Gasteiger charge is 2.20. The van der Waals surface area contributed by atoms with E-state index < -0.39 is 0 Å². The van der Waals surface area contributed by atoms with Gasteiger partial charge in [-0.3, -0.25) is 4.90 Å². The van der Waals surface area contributed by atoms with Crippen LogP contribution in [0.3, 0.4) is 0 Å². The third-order valence-corrected chi connectivity index (χ3v) is 5.63. The number of benzene rings is 1. The molecule has 4 heteroatoms. The summed E-state index contributed by atoms with van der Waals surface area (Å²) in [6.07, 6.45) is 5.62. The van der Waals surface area contributed by atoms with Crippen molar-refractivity contribution >= 4 is 11.3 Å². The van der Waals surface area contributed by atoms with Gasteiger partial charge in [0.25, 0.3) is 0 Å². The van der Waals surface area contributed by atoms with Crippen molar-refractivity contribution in [1.82, 2.24) is 14.3 Å². The molecule has 4 nitrogen and oxygen atoms in total. The molecule has 26 heavy (non-hydrogen) atoms. The van der Waals surface area contributed by atoms with Gasteiger partial charge in [0.2, 0.25) is 0 Å². The second kappa shape index (κ2) is 7.12. The van der Waals surface area contributed by atoms with Crippen LogP contribution in [-0.4, -0.2) is 27.4 Å². The number of rotatable bonds is 4. The Morgan fingerprint density at radius 2 is 1.81 bits per heavy atom. The van der Waals surface area contributed by atoms with E-state index >= 15 is 0 Å². The molecule has 0 aliphatic carbocycles. The van der Waals surface area contributed by atoms with Gasteiger partial charge in [0.15, 0.2) is 0 Å². The highest BCUT2D eigenvalue weighted by molar-refractivity contribution is 5.67. The van der Waals surface area contributed by atoms with Crippen molar-refractivity contribution in [3.8, 4) is 11.3 Å². The first-order valence-corrected chi connectivity index (χ1v) is 9.72. The number of nitrogens with two attached hydrogens (primary N) is 1. The lowest BCUT2D eigenvalue weighted by molar-refractivity contribution is 0.183. The number of likely N-dealkylation sites (tertiary alicyclic amines) is 1. The van der Waals surface area contributed by atoms with Crippen molar-refractivity contribution in [2.45, 2.75) is 39.7 Å². The lowest BCUT2D eigenvalue weighted by Crippen LogP contribution is -2.32. The Labute approximate surface area is 155 Å². The Kier molecular flexibility index (Phi) is 4.68. The van der Waals surface area contributed by atoms with Crippen LogP contribution in [0, 0.1) is 5.92 Å². The highest BCUT2D eigenvalue weighted by atomic mass is 15.2. The summed E-state index contributed by atoms with van der Waals surface area (Å²) >= 11 is 0. The molecule has 1 aromatic carbocycles. The van der Waals surface area contributed by atoms with Gasteiger partial charge in [-0.05, 0) is 56.0 Å². The SMILES string of the molecule is CCc1ccc(-c2nc3ccc(N)cn3c2CN2CCC(C)CC2)cc1. The number of imidazole rings is 1. The standard InChI is InChI=1S/C22H28N4/c1-3-17-4-6-18(7-5-17)22-20(15-25-12-10-16(2)11-13-25)26-14-19(23)8-9-21(26)24-22/h4-9,14,16H,3,10-13,15,23H2,1-2H3. The van der Waals surface area contributed by atoms with Gasteiger partial charge in [-0.15, -0.1) is 0 Å². The molecule has 3 heterocycles. The molecule has 1 fully saturated rings. The average molecular weight is 348 g/mol. The quantitative estimate of drug-likeness (QED) is 0.761. The smallest absolute Gasteiger partial charge is 0.137 e. The Balaban J connectivity index is 1.75. The summed E-state index contributed by atoms with van der Waals surface area (Å²) in [5.41, 5.74) is 12.7. The maximum absolute atomic E-state index is 6.07. The van der Waals surface area contributed by atoms with Gasteiger partial charge in [-0.1, -0.05) is 38.1 Å². The van der Waals surface area contributed by atoms with Crippen LogP contribution in [0.15, 0.2) is 42.6 Å². The van der Waals surface area contributed by atoms with Crippen LogP contribution < -0.4 is 5.73 Å². The van der Waals surface area contributed by atoms with E-state index in [0.717, 1.165) is 49.0 Å². The Hall–Kier alpha value is -2.33. The van der Waals surface area contributed by atoms with Gasteiger partial charge in [0, 0.05) is 24.0 Å². The van der Waals surface area contributed by atoms with Crippen molar-refractivity contribution in [2.75, 3.05) is 18.8 Å². The molecule has 0 saturated carbocycles. The van der Waals surface area contributed by atoms with Gasteiger partial charge in [0.05, 0.1) is 11.4 Å². The predicted molar refractivity (Wildman–Crippen MR) is 108 cm³/mol. The molecule has 0 atom stereocenters. The van der Waals surface area contributed by atoms with Crippen LogP contribution in [0.4, 0.5) is 5.69 Å². The molecule has 1 aliphatic heterocycles. The zero-order valence-corrected chi connectivity index (χ0v) is 15.8. The van der Waals surface area contributed by atoms with E-state index in [1.54, 1.807) is 0 Å². The summed E-state index contributed by atoms with van der Waals surface area (Å²) in [5.74, 6) is 0.838. The van der Waals surface area contributed by atoms with Crippen molar-refractivity contribution < 1.29 is 0 Å². The van der Waals surface area contributed by atoms with Crippen LogP contribution in [0.25, 0.3) is 16.9 Å². The first-order valence-electron chi connectivity index (χ1n) is 9.72. The van der Waals surface area contributed by atoms with Gasteiger partial charge >= 0.3 is 0 Å². The summed E-state index contributed by atoms with van der Waals surface area (Å²) in [4.78, 5) is 7.49. The molecular formula is C22H28N4.